The van der Waals surface area contributed by atoms with Gasteiger partial charge in [-0.15, -0.1) is 0 Å². The molecule has 1 saturated heterocycles. The topological polar surface area (TPSA) is 41.2 Å². The molecule has 1 aromatic carbocycles. The van der Waals surface area contributed by atoms with E-state index in [1.165, 1.54) is 0 Å². The minimum atomic E-state index is 0.826. The van der Waals surface area contributed by atoms with Gasteiger partial charge in [0.15, 0.2) is 0 Å². The summed E-state index contributed by atoms with van der Waals surface area (Å²) in [6.45, 7) is 4.49. The van der Waals surface area contributed by atoms with E-state index in [0.29, 0.717) is 0 Å². The number of H-pyrrole nitrogens is 1. The van der Waals surface area contributed by atoms with E-state index in [0.717, 1.165) is 49.7 Å². The number of nitrogens with zero attached hydrogens (tertiary/aromatic N) is 2. The predicted molar refractivity (Wildman–Crippen MR) is 61.0 cm³/mol. The fourth-order valence-corrected chi connectivity index (χ4v) is 1.99. The first-order valence-corrected chi connectivity index (χ1v) is 5.57. The smallest absolute Gasteiger partial charge is 0.121 e. The highest BCUT2D eigenvalue weighted by atomic mass is 16.5. The number of benzene rings is 1. The van der Waals surface area contributed by atoms with E-state index in [4.69, 9.17) is 4.74 Å². The quantitative estimate of drug-likeness (QED) is 0.820. The zero-order valence-corrected chi connectivity index (χ0v) is 9.07. The second-order valence-electron chi connectivity index (χ2n) is 4.00. The summed E-state index contributed by atoms with van der Waals surface area (Å²) in [4.78, 5) is 10.2. The SMILES string of the molecule is [c]1cccc2[nH]c(CN3CCOCC3)nc12. The van der Waals surface area contributed by atoms with Crippen molar-refractivity contribution in [2.24, 2.45) is 0 Å². The fourth-order valence-electron chi connectivity index (χ4n) is 1.99. The van der Waals surface area contributed by atoms with Gasteiger partial charge in [-0.25, -0.2) is 4.98 Å². The van der Waals surface area contributed by atoms with E-state index in [1.807, 2.05) is 18.2 Å². The third-order valence-electron chi connectivity index (χ3n) is 2.84. The Morgan fingerprint density at radius 3 is 3.12 bits per heavy atom. The molecule has 1 aliphatic rings. The highest BCUT2D eigenvalue weighted by Crippen LogP contribution is 2.11. The molecular weight excluding hydrogens is 202 g/mol. The molecule has 1 N–H and O–H groups in total. The lowest BCUT2D eigenvalue weighted by Gasteiger charge is -2.25. The van der Waals surface area contributed by atoms with E-state index in [1.54, 1.807) is 0 Å². The van der Waals surface area contributed by atoms with Crippen LogP contribution in [0.1, 0.15) is 5.82 Å². The zero-order valence-electron chi connectivity index (χ0n) is 9.07. The number of hydrogen-bond donors (Lipinski definition) is 1. The first-order valence-electron chi connectivity index (χ1n) is 5.57. The molecule has 4 heteroatoms. The van der Waals surface area contributed by atoms with Crippen LogP contribution in [-0.2, 0) is 11.3 Å². The van der Waals surface area contributed by atoms with Gasteiger partial charge in [0, 0.05) is 19.2 Å². The summed E-state index contributed by atoms with van der Waals surface area (Å²) in [7, 11) is 0. The van der Waals surface area contributed by atoms with Gasteiger partial charge in [0.25, 0.3) is 0 Å². The molecular formula is C12H14N3O. The number of rotatable bonds is 2. The van der Waals surface area contributed by atoms with Crippen LogP contribution >= 0.6 is 0 Å². The number of fused-ring (bicyclic) bond motifs is 1. The van der Waals surface area contributed by atoms with Gasteiger partial charge < -0.3 is 9.72 Å². The summed E-state index contributed by atoms with van der Waals surface area (Å²) in [5.74, 6) is 1.01. The van der Waals surface area contributed by atoms with Crippen LogP contribution in [0.2, 0.25) is 0 Å². The third kappa shape index (κ3) is 1.94. The Hall–Kier alpha value is -1.39. The molecule has 3 rings (SSSR count). The number of nitrogens with one attached hydrogen (secondary N) is 1. The molecule has 83 valence electrons. The fraction of sp³-hybridized carbons (Fsp3) is 0.417. The maximum atomic E-state index is 5.32. The van der Waals surface area contributed by atoms with E-state index < -0.39 is 0 Å². The standard InChI is InChI=1S/C12H14N3O/c1-2-4-11-10(3-1)13-12(14-11)9-15-5-7-16-8-6-15/h1-3H,5-9H2,(H,13,14). The molecule has 2 heterocycles. The van der Waals surface area contributed by atoms with Crippen molar-refractivity contribution in [1.29, 1.82) is 0 Å². The molecule has 16 heavy (non-hydrogen) atoms. The van der Waals surface area contributed by atoms with Crippen LogP contribution in [0.3, 0.4) is 0 Å². The van der Waals surface area contributed by atoms with Crippen molar-refractivity contribution >= 4 is 11.0 Å². The maximum absolute atomic E-state index is 5.32. The number of para-hydroxylation sites is 1. The van der Waals surface area contributed by atoms with Gasteiger partial charge in [-0.05, 0) is 6.07 Å². The maximum Gasteiger partial charge on any atom is 0.121 e. The minimum absolute atomic E-state index is 0.826. The Labute approximate surface area is 94.2 Å². The molecule has 2 aromatic rings. The molecule has 0 saturated carbocycles. The minimum Gasteiger partial charge on any atom is -0.379 e. The molecule has 0 unspecified atom stereocenters. The molecule has 0 aliphatic carbocycles. The molecule has 0 spiro atoms. The van der Waals surface area contributed by atoms with E-state index in [9.17, 15) is 0 Å². The molecule has 0 bridgehead atoms. The number of ether oxygens (including phenoxy) is 1. The molecule has 4 nitrogen and oxygen atoms in total. The van der Waals surface area contributed by atoms with Crippen molar-refractivity contribution in [3.05, 3.63) is 30.1 Å². The summed E-state index contributed by atoms with van der Waals surface area (Å²) in [6, 6.07) is 9.01. The normalized spacial score (nSPS) is 18.0. The molecule has 0 atom stereocenters. The predicted octanol–water partition coefficient (Wildman–Crippen LogP) is 1.20. The number of aromatic nitrogens is 2. The number of hydrogen-bond acceptors (Lipinski definition) is 3. The van der Waals surface area contributed by atoms with E-state index in [-0.39, 0.29) is 0 Å². The summed E-state index contributed by atoms with van der Waals surface area (Å²) in [5, 5.41) is 0. The van der Waals surface area contributed by atoms with Crippen LogP contribution in [0.15, 0.2) is 18.2 Å². The molecule has 0 amide bonds. The lowest BCUT2D eigenvalue weighted by molar-refractivity contribution is 0.0332. The van der Waals surface area contributed by atoms with Gasteiger partial charge in [-0.2, -0.15) is 0 Å². The Balaban J connectivity index is 1.78. The van der Waals surface area contributed by atoms with Crippen molar-refractivity contribution < 1.29 is 4.74 Å². The lowest BCUT2D eigenvalue weighted by Crippen LogP contribution is -2.35. The van der Waals surface area contributed by atoms with Gasteiger partial charge >= 0.3 is 0 Å². The average molecular weight is 216 g/mol. The van der Waals surface area contributed by atoms with Crippen LogP contribution in [0, 0.1) is 6.07 Å². The number of imidazole rings is 1. The van der Waals surface area contributed by atoms with Crippen LogP contribution in [0.4, 0.5) is 0 Å². The zero-order chi connectivity index (χ0) is 10.8. The van der Waals surface area contributed by atoms with Crippen molar-refractivity contribution in [2.45, 2.75) is 6.54 Å². The Bertz CT molecular complexity index is 441. The van der Waals surface area contributed by atoms with Crippen molar-refractivity contribution in [3.63, 3.8) is 0 Å². The molecule has 1 aromatic heterocycles. The van der Waals surface area contributed by atoms with E-state index >= 15 is 0 Å². The molecule has 1 aliphatic heterocycles. The number of morpholine rings is 1. The van der Waals surface area contributed by atoms with Gasteiger partial charge in [0.1, 0.15) is 5.82 Å². The highest BCUT2D eigenvalue weighted by Gasteiger charge is 2.12. The highest BCUT2D eigenvalue weighted by molar-refractivity contribution is 5.73. The first kappa shape index (κ1) is 9.81. The summed E-state index contributed by atoms with van der Waals surface area (Å²) >= 11 is 0. The summed E-state index contributed by atoms with van der Waals surface area (Å²) < 4.78 is 5.32. The second kappa shape index (κ2) is 4.23. The monoisotopic (exact) mass is 216 g/mol. The van der Waals surface area contributed by atoms with Gasteiger partial charge in [0.2, 0.25) is 0 Å². The lowest BCUT2D eigenvalue weighted by atomic mass is 10.3. The van der Waals surface area contributed by atoms with Gasteiger partial charge in [0.05, 0.1) is 30.8 Å². The van der Waals surface area contributed by atoms with Gasteiger partial charge in [-0.3, -0.25) is 4.90 Å². The summed E-state index contributed by atoms with van der Waals surface area (Å²) in [6.07, 6.45) is 0. The Kier molecular flexibility index (Phi) is 2.60. The van der Waals surface area contributed by atoms with Crippen molar-refractivity contribution in [2.75, 3.05) is 26.3 Å². The largest absolute Gasteiger partial charge is 0.379 e. The Morgan fingerprint density at radius 2 is 2.31 bits per heavy atom. The van der Waals surface area contributed by atoms with Crippen molar-refractivity contribution in [1.82, 2.24) is 14.9 Å². The average Bonchev–Trinajstić information content (AvgIpc) is 2.72. The number of aromatic amines is 1. The van der Waals surface area contributed by atoms with Gasteiger partial charge in [-0.1, -0.05) is 12.1 Å². The third-order valence-corrected chi connectivity index (χ3v) is 2.84. The second-order valence-corrected chi connectivity index (χ2v) is 4.00. The van der Waals surface area contributed by atoms with E-state index in [2.05, 4.69) is 20.9 Å². The summed E-state index contributed by atoms with van der Waals surface area (Å²) in [5.41, 5.74) is 1.98. The van der Waals surface area contributed by atoms with Crippen LogP contribution in [-0.4, -0.2) is 41.2 Å². The van der Waals surface area contributed by atoms with Crippen LogP contribution in [0.5, 0.6) is 0 Å². The van der Waals surface area contributed by atoms with Crippen LogP contribution in [0.25, 0.3) is 11.0 Å². The first-order chi connectivity index (χ1) is 7.92. The molecule has 1 fully saturated rings. The Morgan fingerprint density at radius 1 is 1.44 bits per heavy atom. The molecule has 1 radical (unpaired) electrons. The van der Waals surface area contributed by atoms with Crippen molar-refractivity contribution in [3.8, 4) is 0 Å². The van der Waals surface area contributed by atoms with Crippen LogP contribution < -0.4 is 0 Å².